The minimum absolute atomic E-state index is 0. The molecule has 3 N–H and O–H groups in total. The molecule has 1 aromatic rings. The number of guanidine groups is 1. The second-order valence-electron chi connectivity index (χ2n) is 7.18. The Labute approximate surface area is 180 Å². The number of hydrogen-bond donors (Lipinski definition) is 2. The van der Waals surface area contributed by atoms with Gasteiger partial charge < -0.3 is 20.5 Å². The minimum atomic E-state index is 0. The first-order valence-electron chi connectivity index (χ1n) is 9.52. The molecular formula is C20H35IN4O2. The number of methoxy groups -OCH3 is 2. The van der Waals surface area contributed by atoms with E-state index in [9.17, 15) is 0 Å². The molecule has 1 aliphatic rings. The van der Waals surface area contributed by atoms with E-state index in [2.05, 4.69) is 29.1 Å². The first-order valence-corrected chi connectivity index (χ1v) is 9.52. The Hall–Kier alpha value is -1.22. The molecule has 2 unspecified atom stereocenters. The van der Waals surface area contributed by atoms with Crippen LogP contribution in [-0.2, 0) is 6.42 Å². The summed E-state index contributed by atoms with van der Waals surface area (Å²) < 4.78 is 10.6. The van der Waals surface area contributed by atoms with Crippen molar-refractivity contribution in [2.75, 3.05) is 40.4 Å². The Bertz CT molecular complexity index is 597. The zero-order valence-corrected chi connectivity index (χ0v) is 19.4. The highest BCUT2D eigenvalue weighted by molar-refractivity contribution is 14.0. The molecule has 0 spiro atoms. The van der Waals surface area contributed by atoms with Gasteiger partial charge in [-0.25, -0.2) is 0 Å². The molecule has 0 aliphatic carbocycles. The predicted octanol–water partition coefficient (Wildman–Crippen LogP) is 2.89. The summed E-state index contributed by atoms with van der Waals surface area (Å²) in [5.74, 6) is 2.79. The molecule has 0 radical (unpaired) electrons. The summed E-state index contributed by atoms with van der Waals surface area (Å²) >= 11 is 0. The molecule has 1 fully saturated rings. The predicted molar refractivity (Wildman–Crippen MR) is 123 cm³/mol. The maximum atomic E-state index is 6.02. The topological polar surface area (TPSA) is 72.1 Å². The third-order valence-electron chi connectivity index (χ3n) is 5.01. The SMILES string of the molecule is COc1ccc(CCNC(N)=NCC(C)N2CCCC(C)C2)cc1OC.I. The third-order valence-corrected chi connectivity index (χ3v) is 5.01. The second kappa shape index (κ2) is 12.3. The van der Waals surface area contributed by atoms with Crippen LogP contribution in [0.1, 0.15) is 32.3 Å². The highest BCUT2D eigenvalue weighted by Gasteiger charge is 2.20. The van der Waals surface area contributed by atoms with Gasteiger partial charge in [0, 0.05) is 19.1 Å². The summed E-state index contributed by atoms with van der Waals surface area (Å²) in [6, 6.07) is 6.39. The van der Waals surface area contributed by atoms with Crippen LogP contribution < -0.4 is 20.5 Å². The van der Waals surface area contributed by atoms with Crippen LogP contribution in [0, 0.1) is 5.92 Å². The number of rotatable bonds is 8. The molecule has 1 aliphatic heterocycles. The fourth-order valence-electron chi connectivity index (χ4n) is 3.40. The van der Waals surface area contributed by atoms with E-state index >= 15 is 0 Å². The molecule has 0 aromatic heterocycles. The van der Waals surface area contributed by atoms with Gasteiger partial charge in [-0.1, -0.05) is 13.0 Å². The third kappa shape index (κ3) is 7.73. The zero-order valence-electron chi connectivity index (χ0n) is 17.0. The van der Waals surface area contributed by atoms with E-state index in [-0.39, 0.29) is 24.0 Å². The average Bonchev–Trinajstić information content (AvgIpc) is 2.65. The first-order chi connectivity index (χ1) is 12.5. The lowest BCUT2D eigenvalue weighted by atomic mass is 9.99. The van der Waals surface area contributed by atoms with E-state index in [1.807, 2.05) is 18.2 Å². The number of hydrogen-bond acceptors (Lipinski definition) is 4. The van der Waals surface area contributed by atoms with Crippen molar-refractivity contribution in [2.24, 2.45) is 16.6 Å². The van der Waals surface area contributed by atoms with Gasteiger partial charge in [0.15, 0.2) is 17.5 Å². The maximum absolute atomic E-state index is 6.02. The van der Waals surface area contributed by atoms with E-state index in [0.717, 1.165) is 36.9 Å². The number of piperidine rings is 1. The van der Waals surface area contributed by atoms with Crippen LogP contribution >= 0.6 is 24.0 Å². The summed E-state index contributed by atoms with van der Waals surface area (Å²) in [7, 11) is 3.29. The van der Waals surface area contributed by atoms with Gasteiger partial charge in [-0.3, -0.25) is 9.89 Å². The van der Waals surface area contributed by atoms with E-state index < -0.39 is 0 Å². The van der Waals surface area contributed by atoms with Gasteiger partial charge in [0.1, 0.15) is 0 Å². The quantitative estimate of drug-likeness (QED) is 0.333. The molecule has 1 heterocycles. The van der Waals surface area contributed by atoms with Crippen molar-refractivity contribution in [1.29, 1.82) is 0 Å². The van der Waals surface area contributed by atoms with Crippen LogP contribution in [0.15, 0.2) is 23.2 Å². The number of ether oxygens (including phenoxy) is 2. The van der Waals surface area contributed by atoms with Crippen molar-refractivity contribution in [3.63, 3.8) is 0 Å². The van der Waals surface area contributed by atoms with E-state index in [4.69, 9.17) is 15.2 Å². The molecular weight excluding hydrogens is 455 g/mol. The van der Waals surface area contributed by atoms with Gasteiger partial charge in [-0.05, 0) is 56.3 Å². The molecule has 27 heavy (non-hydrogen) atoms. The van der Waals surface area contributed by atoms with Crippen LogP contribution in [0.5, 0.6) is 11.5 Å². The van der Waals surface area contributed by atoms with Gasteiger partial charge in [-0.15, -0.1) is 24.0 Å². The molecule has 2 atom stereocenters. The van der Waals surface area contributed by atoms with Crippen molar-refractivity contribution in [3.8, 4) is 11.5 Å². The van der Waals surface area contributed by atoms with Gasteiger partial charge in [0.25, 0.3) is 0 Å². The molecule has 6 nitrogen and oxygen atoms in total. The smallest absolute Gasteiger partial charge is 0.188 e. The van der Waals surface area contributed by atoms with Gasteiger partial charge in [0.2, 0.25) is 0 Å². The Morgan fingerprint density at radius 2 is 2.07 bits per heavy atom. The van der Waals surface area contributed by atoms with E-state index in [1.165, 1.54) is 31.5 Å². The summed E-state index contributed by atoms with van der Waals surface area (Å²) in [5.41, 5.74) is 7.19. The van der Waals surface area contributed by atoms with Crippen molar-refractivity contribution >= 4 is 29.9 Å². The number of benzene rings is 1. The molecule has 1 saturated heterocycles. The van der Waals surface area contributed by atoms with Crippen LogP contribution in [0.2, 0.25) is 0 Å². The largest absolute Gasteiger partial charge is 0.493 e. The monoisotopic (exact) mass is 490 g/mol. The molecule has 0 amide bonds. The average molecular weight is 490 g/mol. The lowest BCUT2D eigenvalue weighted by molar-refractivity contribution is 0.142. The first kappa shape index (κ1) is 23.8. The van der Waals surface area contributed by atoms with Crippen molar-refractivity contribution in [2.45, 2.75) is 39.2 Å². The molecule has 7 heteroatoms. The van der Waals surface area contributed by atoms with Crippen molar-refractivity contribution < 1.29 is 9.47 Å². The Kier molecular flexibility index (Phi) is 10.8. The van der Waals surface area contributed by atoms with Crippen LogP contribution in [-0.4, -0.2) is 57.3 Å². The summed E-state index contributed by atoms with van der Waals surface area (Å²) in [6.45, 7) is 8.38. The number of nitrogens with two attached hydrogens (primary N) is 1. The van der Waals surface area contributed by atoms with E-state index in [0.29, 0.717) is 12.0 Å². The summed E-state index contributed by atoms with van der Waals surface area (Å²) in [6.07, 6.45) is 3.47. The highest BCUT2D eigenvalue weighted by Crippen LogP contribution is 2.27. The highest BCUT2D eigenvalue weighted by atomic mass is 127. The molecule has 1 aromatic carbocycles. The summed E-state index contributed by atoms with van der Waals surface area (Å²) in [4.78, 5) is 7.04. The number of nitrogens with one attached hydrogen (secondary N) is 1. The number of likely N-dealkylation sites (tertiary alicyclic amines) is 1. The zero-order chi connectivity index (χ0) is 18.9. The van der Waals surface area contributed by atoms with Crippen LogP contribution in [0.3, 0.4) is 0 Å². The Morgan fingerprint density at radius 1 is 1.33 bits per heavy atom. The fraction of sp³-hybridized carbons (Fsp3) is 0.650. The Balaban J connectivity index is 0.00000364. The number of aliphatic imine (C=N–C) groups is 1. The normalized spacial score (nSPS) is 19.1. The molecule has 2 rings (SSSR count). The fourth-order valence-corrected chi connectivity index (χ4v) is 3.40. The van der Waals surface area contributed by atoms with Gasteiger partial charge in [-0.2, -0.15) is 0 Å². The van der Waals surface area contributed by atoms with Crippen molar-refractivity contribution in [1.82, 2.24) is 10.2 Å². The van der Waals surface area contributed by atoms with Gasteiger partial charge >= 0.3 is 0 Å². The second-order valence-corrected chi connectivity index (χ2v) is 7.18. The van der Waals surface area contributed by atoms with Crippen LogP contribution in [0.4, 0.5) is 0 Å². The summed E-state index contributed by atoms with van der Waals surface area (Å²) in [5, 5.41) is 3.20. The van der Waals surface area contributed by atoms with Crippen LogP contribution in [0.25, 0.3) is 0 Å². The lowest BCUT2D eigenvalue weighted by Crippen LogP contribution is -2.43. The van der Waals surface area contributed by atoms with Crippen molar-refractivity contribution in [3.05, 3.63) is 23.8 Å². The number of halogens is 1. The lowest BCUT2D eigenvalue weighted by Gasteiger charge is -2.34. The maximum Gasteiger partial charge on any atom is 0.188 e. The molecule has 154 valence electrons. The standard InChI is InChI=1S/C20H34N4O2.HI/c1-15-6-5-11-24(14-15)16(2)13-23-20(21)22-10-9-17-7-8-18(25-3)19(12-17)26-4;/h7-8,12,15-16H,5-6,9-11,13-14H2,1-4H3,(H3,21,22,23);1H. The molecule has 0 saturated carbocycles. The Morgan fingerprint density at radius 3 is 2.74 bits per heavy atom. The minimum Gasteiger partial charge on any atom is -0.493 e. The molecule has 0 bridgehead atoms. The number of nitrogens with zero attached hydrogens (tertiary/aromatic N) is 2. The van der Waals surface area contributed by atoms with E-state index in [1.54, 1.807) is 14.2 Å². The van der Waals surface area contributed by atoms with Gasteiger partial charge in [0.05, 0.1) is 20.8 Å².